The smallest absolute Gasteiger partial charge is 0.252 e. The van der Waals surface area contributed by atoms with Crippen LogP contribution in [-0.4, -0.2) is 14.8 Å². The summed E-state index contributed by atoms with van der Waals surface area (Å²) in [6, 6.07) is 66.4. The van der Waals surface area contributed by atoms with Gasteiger partial charge in [-0.25, -0.2) is 0 Å². The molecule has 0 saturated heterocycles. The number of aryl methyl sites for hydroxylation is 2. The average Bonchev–Trinajstić information content (AvgIpc) is 3.58. The fourth-order valence-corrected chi connectivity index (χ4v) is 16.8. The van der Waals surface area contributed by atoms with E-state index in [1.807, 2.05) is 0 Å². The normalized spacial score (nSPS) is 14.6. The molecule has 3 aliphatic rings. The Morgan fingerprint density at radius 1 is 0.394 bits per heavy atom. The van der Waals surface area contributed by atoms with Crippen LogP contribution in [0.5, 0.6) is 0 Å². The highest BCUT2D eigenvalue weighted by Gasteiger charge is 2.52. The molecular weight excluding hydrogens is 812 g/mol. The molecule has 3 heterocycles. The van der Waals surface area contributed by atoms with Gasteiger partial charge in [0.05, 0.1) is 0 Å². The summed E-state index contributed by atoms with van der Waals surface area (Å²) in [4.78, 5) is 5.23. The Balaban J connectivity index is 1.29. The van der Waals surface area contributed by atoms with Gasteiger partial charge in [0.15, 0.2) is 8.07 Å². The minimum absolute atomic E-state index is 0.00929. The van der Waals surface area contributed by atoms with Crippen LogP contribution < -0.4 is 46.9 Å². The number of hydrogen-bond donors (Lipinski definition) is 0. The lowest BCUT2D eigenvalue weighted by Gasteiger charge is -2.46. The Morgan fingerprint density at radius 2 is 0.924 bits per heavy atom. The van der Waals surface area contributed by atoms with Gasteiger partial charge in [-0.05, 0) is 143 Å². The van der Waals surface area contributed by atoms with E-state index >= 15 is 0 Å². The summed E-state index contributed by atoms with van der Waals surface area (Å²) in [6.07, 6.45) is 0. The monoisotopic (exact) mass is 872 g/mol. The summed E-state index contributed by atoms with van der Waals surface area (Å²) in [5.74, 6) is 0. The number of benzene rings is 8. The van der Waals surface area contributed by atoms with E-state index in [-0.39, 0.29) is 23.0 Å². The first-order valence-electron chi connectivity index (χ1n) is 24.0. The van der Waals surface area contributed by atoms with Crippen molar-refractivity contribution in [1.29, 1.82) is 0 Å². The van der Waals surface area contributed by atoms with Crippen molar-refractivity contribution < 1.29 is 0 Å². The molecule has 11 rings (SSSR count). The lowest BCUT2D eigenvalue weighted by Crippen LogP contribution is -2.73. The first-order chi connectivity index (χ1) is 31.5. The summed E-state index contributed by atoms with van der Waals surface area (Å²) in [5.41, 5.74) is 20.9. The first kappa shape index (κ1) is 42.3. The van der Waals surface area contributed by atoms with Gasteiger partial charge in [-0.15, -0.1) is 0 Å². The molecule has 0 aromatic heterocycles. The SMILES string of the molecule is Cc1cc(C(C)(C)C)ccc1N1c2cc3c(cc2B2c4cc(C(C)(C)C)ccc4N(c4ccc(C(C)(C)C)cc4)c4c(C)ccc1c42)[Si](c1ccccc1)(c1ccccc1)c1ccccc1-3. The van der Waals surface area contributed by atoms with E-state index in [2.05, 4.69) is 256 Å². The summed E-state index contributed by atoms with van der Waals surface area (Å²) >= 11 is 0. The van der Waals surface area contributed by atoms with E-state index in [0.29, 0.717) is 0 Å². The van der Waals surface area contributed by atoms with Gasteiger partial charge in [0.25, 0.3) is 6.71 Å². The largest absolute Gasteiger partial charge is 0.311 e. The second-order valence-electron chi connectivity index (χ2n) is 22.3. The number of nitrogens with zero attached hydrogens (tertiary/aromatic N) is 2. The molecule has 0 spiro atoms. The van der Waals surface area contributed by atoms with Crippen molar-refractivity contribution in [3.05, 3.63) is 198 Å². The van der Waals surface area contributed by atoms with E-state index in [0.717, 1.165) is 0 Å². The molecule has 0 atom stereocenters. The Labute approximate surface area is 395 Å². The van der Waals surface area contributed by atoms with Gasteiger partial charge in [0.2, 0.25) is 0 Å². The molecule has 326 valence electrons. The highest BCUT2D eigenvalue weighted by molar-refractivity contribution is 7.22. The van der Waals surface area contributed by atoms with Crippen LogP contribution in [0.4, 0.5) is 34.1 Å². The second-order valence-corrected chi connectivity index (χ2v) is 26.1. The maximum Gasteiger partial charge on any atom is 0.252 e. The fourth-order valence-electron chi connectivity index (χ4n) is 11.6. The Bertz CT molecular complexity index is 3180. The fraction of sp³-hybridized carbons (Fsp3) is 0.226. The zero-order valence-corrected chi connectivity index (χ0v) is 41.6. The van der Waals surface area contributed by atoms with Crippen molar-refractivity contribution in [3.8, 4) is 11.1 Å². The third-order valence-electron chi connectivity index (χ3n) is 15.0. The number of fused-ring (bicyclic) bond motifs is 7. The molecule has 0 aliphatic carbocycles. The summed E-state index contributed by atoms with van der Waals surface area (Å²) in [7, 11) is -2.81. The molecule has 66 heavy (non-hydrogen) atoms. The van der Waals surface area contributed by atoms with E-state index in [1.165, 1.54) is 110 Å². The quantitative estimate of drug-likeness (QED) is 0.163. The van der Waals surface area contributed by atoms with Crippen molar-refractivity contribution in [2.45, 2.75) is 92.4 Å². The summed E-state index contributed by atoms with van der Waals surface area (Å²) < 4.78 is 0. The van der Waals surface area contributed by atoms with Gasteiger partial charge >= 0.3 is 0 Å². The lowest BCUT2D eigenvalue weighted by molar-refractivity contribution is 0.589. The standard InChI is InChI=1S/C62H61BN2Si/c1-40-26-33-54-58-59(40)64(45-31-27-42(28-32-45)60(3,4)5)53-35-30-44(62(9,10)11)37-50(53)63(58)51-39-57-49(38-55(51)65(54)52-34-29-43(36-41(52)2)61(6,7)8)48-24-18-19-25-56(48)66(57,46-20-14-12-15-21-46)47-22-16-13-17-23-47/h12-39H,1-11H3. The minimum Gasteiger partial charge on any atom is -0.311 e. The van der Waals surface area contributed by atoms with E-state index in [4.69, 9.17) is 0 Å². The number of rotatable bonds is 4. The summed E-state index contributed by atoms with van der Waals surface area (Å²) in [6.45, 7) is 25.6. The molecule has 0 amide bonds. The van der Waals surface area contributed by atoms with Crippen molar-refractivity contribution >= 4 is 86.0 Å². The van der Waals surface area contributed by atoms with Crippen LogP contribution in [-0.2, 0) is 16.2 Å². The van der Waals surface area contributed by atoms with Crippen molar-refractivity contribution in [2.75, 3.05) is 9.80 Å². The Morgan fingerprint density at radius 3 is 1.53 bits per heavy atom. The zero-order chi connectivity index (χ0) is 46.1. The van der Waals surface area contributed by atoms with Gasteiger partial charge in [-0.3, -0.25) is 0 Å². The lowest BCUT2D eigenvalue weighted by atomic mass is 9.33. The van der Waals surface area contributed by atoms with Crippen LogP contribution in [0.2, 0.25) is 0 Å². The van der Waals surface area contributed by atoms with Gasteiger partial charge < -0.3 is 9.80 Å². The molecule has 2 nitrogen and oxygen atoms in total. The van der Waals surface area contributed by atoms with Gasteiger partial charge in [0.1, 0.15) is 0 Å². The topological polar surface area (TPSA) is 6.48 Å². The third kappa shape index (κ3) is 6.28. The maximum absolute atomic E-state index is 2.81. The maximum atomic E-state index is 2.71. The molecule has 0 saturated carbocycles. The third-order valence-corrected chi connectivity index (χ3v) is 19.9. The molecule has 8 aromatic carbocycles. The van der Waals surface area contributed by atoms with Gasteiger partial charge in [-0.1, -0.05) is 196 Å². The molecule has 0 bridgehead atoms. The molecular formula is C62H61BN2Si. The van der Waals surface area contributed by atoms with Crippen molar-refractivity contribution in [2.24, 2.45) is 0 Å². The Hall–Kier alpha value is -6.36. The molecule has 0 unspecified atom stereocenters. The van der Waals surface area contributed by atoms with Crippen LogP contribution in [0.25, 0.3) is 11.1 Å². The molecule has 0 N–H and O–H groups in total. The van der Waals surface area contributed by atoms with Crippen LogP contribution in [0.3, 0.4) is 0 Å². The second kappa shape index (κ2) is 14.8. The van der Waals surface area contributed by atoms with Crippen LogP contribution in [0.1, 0.15) is 90.1 Å². The summed E-state index contributed by atoms with van der Waals surface area (Å²) in [5, 5.41) is 5.79. The van der Waals surface area contributed by atoms with Crippen molar-refractivity contribution in [3.63, 3.8) is 0 Å². The van der Waals surface area contributed by atoms with Crippen molar-refractivity contribution in [1.82, 2.24) is 0 Å². The molecule has 0 fully saturated rings. The Kier molecular flexibility index (Phi) is 9.50. The molecule has 3 aliphatic heterocycles. The average molecular weight is 873 g/mol. The predicted molar refractivity (Wildman–Crippen MR) is 289 cm³/mol. The van der Waals surface area contributed by atoms with Crippen LogP contribution in [0, 0.1) is 13.8 Å². The minimum atomic E-state index is -2.81. The van der Waals surface area contributed by atoms with Gasteiger partial charge in [0, 0.05) is 34.1 Å². The van der Waals surface area contributed by atoms with Crippen LogP contribution in [0.15, 0.2) is 170 Å². The van der Waals surface area contributed by atoms with Gasteiger partial charge in [-0.2, -0.15) is 0 Å². The molecule has 4 heteroatoms. The number of hydrogen-bond acceptors (Lipinski definition) is 2. The molecule has 0 radical (unpaired) electrons. The first-order valence-corrected chi connectivity index (χ1v) is 26.0. The zero-order valence-electron chi connectivity index (χ0n) is 40.6. The van der Waals surface area contributed by atoms with Crippen LogP contribution >= 0.6 is 0 Å². The highest BCUT2D eigenvalue weighted by atomic mass is 28.3. The molecule has 8 aromatic rings. The number of anilines is 6. The highest BCUT2D eigenvalue weighted by Crippen LogP contribution is 2.48. The predicted octanol–water partition coefficient (Wildman–Crippen LogP) is 11.6. The van der Waals surface area contributed by atoms with E-state index in [1.54, 1.807) is 0 Å². The van der Waals surface area contributed by atoms with E-state index < -0.39 is 8.07 Å². The van der Waals surface area contributed by atoms with E-state index in [9.17, 15) is 0 Å².